The first-order valence-corrected chi connectivity index (χ1v) is 9.63. The maximum atomic E-state index is 13.2. The molecule has 1 aliphatic rings. The van der Waals surface area contributed by atoms with Crippen molar-refractivity contribution in [2.24, 2.45) is 5.92 Å². The minimum Gasteiger partial charge on any atom is -0.355 e. The third kappa shape index (κ3) is 4.45. The van der Waals surface area contributed by atoms with Crippen LogP contribution in [0, 0.1) is 12.8 Å². The van der Waals surface area contributed by atoms with Gasteiger partial charge in [-0.15, -0.1) is 5.10 Å². The van der Waals surface area contributed by atoms with Gasteiger partial charge in [-0.05, 0) is 31.2 Å². The van der Waals surface area contributed by atoms with Crippen LogP contribution in [0.15, 0.2) is 54.6 Å². The summed E-state index contributed by atoms with van der Waals surface area (Å²) < 4.78 is 41.1. The van der Waals surface area contributed by atoms with E-state index >= 15 is 0 Å². The summed E-state index contributed by atoms with van der Waals surface area (Å²) in [5, 5.41) is 9.68. The molecule has 2 heterocycles. The van der Waals surface area contributed by atoms with E-state index in [1.807, 2.05) is 19.1 Å². The number of carbonyl (C=O) groups is 2. The minimum absolute atomic E-state index is 0.0883. The predicted molar refractivity (Wildman–Crippen MR) is 108 cm³/mol. The van der Waals surface area contributed by atoms with E-state index in [-0.39, 0.29) is 30.6 Å². The third-order valence-electron chi connectivity index (χ3n) is 5.07. The summed E-state index contributed by atoms with van der Waals surface area (Å²) >= 11 is 0. The Hall–Kier alpha value is -3.62. The van der Waals surface area contributed by atoms with Crippen molar-refractivity contribution >= 4 is 17.6 Å². The number of benzene rings is 2. The fourth-order valence-electron chi connectivity index (χ4n) is 3.40. The van der Waals surface area contributed by atoms with Crippen LogP contribution in [-0.2, 0) is 15.8 Å². The van der Waals surface area contributed by atoms with E-state index in [1.165, 1.54) is 16.8 Å². The lowest BCUT2D eigenvalue weighted by molar-refractivity contribution is -0.137. The van der Waals surface area contributed by atoms with Gasteiger partial charge in [-0.1, -0.05) is 29.8 Å². The van der Waals surface area contributed by atoms with Crippen molar-refractivity contribution in [3.63, 3.8) is 0 Å². The van der Waals surface area contributed by atoms with Crippen molar-refractivity contribution in [3.05, 3.63) is 65.7 Å². The molecule has 9 heteroatoms. The lowest BCUT2D eigenvalue weighted by atomic mass is 10.1. The first kappa shape index (κ1) is 20.6. The number of aryl methyl sites for hydroxylation is 1. The highest BCUT2D eigenvalue weighted by Crippen LogP contribution is 2.33. The molecule has 0 spiro atoms. The van der Waals surface area contributed by atoms with Crippen molar-refractivity contribution in [3.8, 4) is 16.9 Å². The van der Waals surface area contributed by atoms with Crippen LogP contribution in [0.25, 0.3) is 16.9 Å². The van der Waals surface area contributed by atoms with E-state index < -0.39 is 17.7 Å². The Morgan fingerprint density at radius 2 is 1.90 bits per heavy atom. The molecule has 160 valence electrons. The number of rotatable bonds is 4. The lowest BCUT2D eigenvalue weighted by Gasteiger charge is -2.11. The molecule has 1 fully saturated rings. The molecule has 0 bridgehead atoms. The Bertz CT molecular complexity index is 1140. The Labute approximate surface area is 176 Å². The highest BCUT2D eigenvalue weighted by molar-refractivity contribution is 5.97. The molecule has 2 N–H and O–H groups in total. The van der Waals surface area contributed by atoms with Crippen molar-refractivity contribution < 1.29 is 22.8 Å². The molecule has 1 aromatic heterocycles. The van der Waals surface area contributed by atoms with Crippen LogP contribution in [0.2, 0.25) is 0 Å². The molecule has 0 saturated carbocycles. The lowest BCUT2D eigenvalue weighted by Crippen LogP contribution is -2.24. The summed E-state index contributed by atoms with van der Waals surface area (Å²) in [6.45, 7) is 2.16. The SMILES string of the molecule is Cc1ccc(-n2nc(NC(=O)[C@H]3CNC(=O)C3)cc2-c2cccc(C(F)(F)F)c2)cc1. The highest BCUT2D eigenvalue weighted by Gasteiger charge is 2.31. The highest BCUT2D eigenvalue weighted by atomic mass is 19.4. The van der Waals surface area contributed by atoms with Crippen molar-refractivity contribution in [1.29, 1.82) is 0 Å². The molecular weight excluding hydrogens is 409 g/mol. The quantitative estimate of drug-likeness (QED) is 0.661. The number of anilines is 1. The first-order valence-electron chi connectivity index (χ1n) is 9.63. The van der Waals surface area contributed by atoms with Crippen LogP contribution in [0.5, 0.6) is 0 Å². The van der Waals surface area contributed by atoms with Crippen LogP contribution in [0.1, 0.15) is 17.5 Å². The molecule has 3 aromatic rings. The average Bonchev–Trinajstić information content (AvgIpc) is 3.34. The summed E-state index contributed by atoms with van der Waals surface area (Å²) in [5.74, 6) is -0.899. The zero-order valence-corrected chi connectivity index (χ0v) is 16.5. The Balaban J connectivity index is 1.73. The number of alkyl halides is 3. The smallest absolute Gasteiger partial charge is 0.355 e. The van der Waals surface area contributed by atoms with E-state index in [9.17, 15) is 22.8 Å². The maximum absolute atomic E-state index is 13.2. The van der Waals surface area contributed by atoms with E-state index in [0.717, 1.165) is 17.7 Å². The van der Waals surface area contributed by atoms with E-state index in [1.54, 1.807) is 18.2 Å². The molecule has 4 rings (SSSR count). The van der Waals surface area contributed by atoms with Gasteiger partial charge in [-0.25, -0.2) is 4.68 Å². The summed E-state index contributed by atoms with van der Waals surface area (Å²) in [6, 6.07) is 13.8. The van der Waals surface area contributed by atoms with E-state index in [0.29, 0.717) is 16.9 Å². The first-order chi connectivity index (χ1) is 14.7. The van der Waals surface area contributed by atoms with Gasteiger partial charge in [0, 0.05) is 24.6 Å². The minimum atomic E-state index is -4.48. The standard InChI is InChI=1S/C22H19F3N4O2/c1-13-5-7-17(8-6-13)29-18(14-3-2-4-16(9-14)22(23,24)25)11-19(28-29)27-21(31)15-10-20(30)26-12-15/h2-9,11,15H,10,12H2,1H3,(H,26,30)(H,27,28,31)/t15-/m1/s1. The zero-order chi connectivity index (χ0) is 22.2. The summed E-state index contributed by atoms with van der Waals surface area (Å²) in [7, 11) is 0. The van der Waals surface area contributed by atoms with E-state index in [4.69, 9.17) is 0 Å². The molecular formula is C22H19F3N4O2. The van der Waals surface area contributed by atoms with Crippen molar-refractivity contribution in [2.75, 3.05) is 11.9 Å². The van der Waals surface area contributed by atoms with Gasteiger partial charge in [0.1, 0.15) is 0 Å². The van der Waals surface area contributed by atoms with Gasteiger partial charge in [0.15, 0.2) is 5.82 Å². The number of aromatic nitrogens is 2. The molecule has 1 aliphatic heterocycles. The molecule has 0 aliphatic carbocycles. The second-order valence-electron chi connectivity index (χ2n) is 7.44. The topological polar surface area (TPSA) is 76.0 Å². The van der Waals surface area contributed by atoms with Gasteiger partial charge < -0.3 is 10.6 Å². The molecule has 2 amide bonds. The molecule has 0 radical (unpaired) electrons. The number of amides is 2. The monoisotopic (exact) mass is 428 g/mol. The largest absolute Gasteiger partial charge is 0.416 e. The average molecular weight is 428 g/mol. The second-order valence-corrected chi connectivity index (χ2v) is 7.44. The summed E-state index contributed by atoms with van der Waals surface area (Å²) in [6.07, 6.45) is -4.39. The Morgan fingerprint density at radius 3 is 2.55 bits per heavy atom. The predicted octanol–water partition coefficient (Wildman–Crippen LogP) is 3.94. The Morgan fingerprint density at radius 1 is 1.16 bits per heavy atom. The molecule has 1 saturated heterocycles. The van der Waals surface area contributed by atoms with Gasteiger partial charge in [0.25, 0.3) is 0 Å². The van der Waals surface area contributed by atoms with E-state index in [2.05, 4.69) is 15.7 Å². The molecule has 6 nitrogen and oxygen atoms in total. The summed E-state index contributed by atoms with van der Waals surface area (Å²) in [4.78, 5) is 23.9. The van der Waals surface area contributed by atoms with Crippen LogP contribution in [-0.4, -0.2) is 28.1 Å². The number of halogens is 3. The van der Waals surface area contributed by atoms with Crippen LogP contribution in [0.4, 0.5) is 19.0 Å². The normalized spacial score (nSPS) is 16.3. The molecule has 2 aromatic carbocycles. The molecule has 31 heavy (non-hydrogen) atoms. The van der Waals surface area contributed by atoms with Gasteiger partial charge in [-0.2, -0.15) is 13.2 Å². The van der Waals surface area contributed by atoms with Crippen molar-refractivity contribution in [2.45, 2.75) is 19.5 Å². The van der Waals surface area contributed by atoms with Crippen LogP contribution in [0.3, 0.4) is 0 Å². The Kier molecular flexibility index (Phi) is 5.26. The van der Waals surface area contributed by atoms with Crippen LogP contribution < -0.4 is 10.6 Å². The second kappa shape index (κ2) is 7.90. The van der Waals surface area contributed by atoms with Gasteiger partial charge >= 0.3 is 6.18 Å². The fourth-order valence-corrected chi connectivity index (χ4v) is 3.40. The number of carbonyl (C=O) groups excluding carboxylic acids is 2. The van der Waals surface area contributed by atoms with Crippen molar-refractivity contribution in [1.82, 2.24) is 15.1 Å². The third-order valence-corrected chi connectivity index (χ3v) is 5.07. The number of nitrogens with zero attached hydrogens (tertiary/aromatic N) is 2. The molecule has 1 atom stereocenters. The number of nitrogens with one attached hydrogen (secondary N) is 2. The van der Waals surface area contributed by atoms with Gasteiger partial charge in [0.05, 0.1) is 22.9 Å². The molecule has 0 unspecified atom stereocenters. The van der Waals surface area contributed by atoms with Gasteiger partial charge in [0.2, 0.25) is 11.8 Å². The fraction of sp³-hybridized carbons (Fsp3) is 0.227. The van der Waals surface area contributed by atoms with Crippen LogP contribution >= 0.6 is 0 Å². The number of hydrogen-bond acceptors (Lipinski definition) is 3. The van der Waals surface area contributed by atoms with Gasteiger partial charge in [-0.3, -0.25) is 9.59 Å². The maximum Gasteiger partial charge on any atom is 0.416 e. The summed E-state index contributed by atoms with van der Waals surface area (Å²) in [5.41, 5.74) is 1.58. The zero-order valence-electron chi connectivity index (χ0n) is 16.5. The number of hydrogen-bond donors (Lipinski definition) is 2.